The molecule has 1 saturated heterocycles. The molecule has 0 radical (unpaired) electrons. The molecule has 1 aromatic rings. The Balaban J connectivity index is 2.45. The lowest BCUT2D eigenvalue weighted by Crippen LogP contribution is -2.43. The lowest BCUT2D eigenvalue weighted by Gasteiger charge is -2.31. The van der Waals surface area contributed by atoms with Crippen molar-refractivity contribution >= 4 is 5.82 Å². The van der Waals surface area contributed by atoms with Gasteiger partial charge in [-0.2, -0.15) is 4.98 Å². The molecule has 8 nitrogen and oxygen atoms in total. The molecule has 0 aliphatic carbocycles. The van der Waals surface area contributed by atoms with Crippen LogP contribution in [-0.4, -0.2) is 50.3 Å². The first kappa shape index (κ1) is 13.9. The first-order chi connectivity index (χ1) is 8.93. The second-order valence-electron chi connectivity index (χ2n) is 4.86. The Kier molecular flexibility index (Phi) is 3.59. The molecule has 0 aromatic carbocycles. The fourth-order valence-electron chi connectivity index (χ4n) is 2.27. The zero-order valence-electron chi connectivity index (χ0n) is 10.4. The molecule has 19 heavy (non-hydrogen) atoms. The standard InChI is InChI=1S/C11H17N3O5/c1-11(5-16)8(17)6(4-15)19-9(11)14-3-2-7(12)13-10(14)18/h2-3,6,8-9,15-17H,4-5H2,1H3,(H2,12,13,18)/t6-,8?,9-,11+/m1/s1. The van der Waals surface area contributed by atoms with Crippen LogP contribution in [0.3, 0.4) is 0 Å². The first-order valence-corrected chi connectivity index (χ1v) is 5.84. The van der Waals surface area contributed by atoms with Gasteiger partial charge in [-0.1, -0.05) is 6.92 Å². The lowest BCUT2D eigenvalue weighted by atomic mass is 9.83. The molecule has 4 atom stereocenters. The van der Waals surface area contributed by atoms with Crippen LogP contribution in [0.1, 0.15) is 13.2 Å². The van der Waals surface area contributed by atoms with Crippen molar-refractivity contribution in [2.24, 2.45) is 5.41 Å². The summed E-state index contributed by atoms with van der Waals surface area (Å²) < 4.78 is 6.60. The van der Waals surface area contributed by atoms with Gasteiger partial charge in [0.2, 0.25) is 0 Å². The van der Waals surface area contributed by atoms with Crippen molar-refractivity contribution in [2.45, 2.75) is 25.4 Å². The van der Waals surface area contributed by atoms with Crippen molar-refractivity contribution in [1.82, 2.24) is 9.55 Å². The summed E-state index contributed by atoms with van der Waals surface area (Å²) in [5.41, 5.74) is 3.64. The third-order valence-corrected chi connectivity index (χ3v) is 3.52. The van der Waals surface area contributed by atoms with Gasteiger partial charge in [-0.25, -0.2) is 4.79 Å². The Morgan fingerprint density at radius 3 is 2.79 bits per heavy atom. The minimum Gasteiger partial charge on any atom is -0.396 e. The Bertz CT molecular complexity index is 519. The van der Waals surface area contributed by atoms with Crippen molar-refractivity contribution in [2.75, 3.05) is 18.9 Å². The summed E-state index contributed by atoms with van der Waals surface area (Å²) >= 11 is 0. The van der Waals surface area contributed by atoms with E-state index in [2.05, 4.69) is 4.98 Å². The summed E-state index contributed by atoms with van der Waals surface area (Å²) in [5.74, 6) is 0.0733. The molecule has 5 N–H and O–H groups in total. The minimum atomic E-state index is -1.12. The van der Waals surface area contributed by atoms with Gasteiger partial charge in [0, 0.05) is 6.20 Å². The van der Waals surface area contributed by atoms with Gasteiger partial charge in [-0.05, 0) is 6.07 Å². The van der Waals surface area contributed by atoms with E-state index in [9.17, 15) is 15.0 Å². The second-order valence-corrected chi connectivity index (χ2v) is 4.86. The van der Waals surface area contributed by atoms with E-state index >= 15 is 0 Å². The van der Waals surface area contributed by atoms with Crippen LogP contribution in [0.2, 0.25) is 0 Å². The summed E-state index contributed by atoms with van der Waals surface area (Å²) in [6, 6.07) is 1.42. The van der Waals surface area contributed by atoms with E-state index in [1.165, 1.54) is 12.3 Å². The molecule has 8 heteroatoms. The average molecular weight is 271 g/mol. The number of rotatable bonds is 3. The molecular formula is C11H17N3O5. The van der Waals surface area contributed by atoms with E-state index in [4.69, 9.17) is 15.6 Å². The Morgan fingerprint density at radius 1 is 1.58 bits per heavy atom. The summed E-state index contributed by atoms with van der Waals surface area (Å²) in [6.45, 7) is 0.747. The molecular weight excluding hydrogens is 254 g/mol. The van der Waals surface area contributed by atoms with Gasteiger partial charge < -0.3 is 25.8 Å². The number of ether oxygens (including phenoxy) is 1. The van der Waals surface area contributed by atoms with Gasteiger partial charge in [0.05, 0.1) is 24.7 Å². The molecule has 1 aromatic heterocycles. The molecule has 0 amide bonds. The quantitative estimate of drug-likeness (QED) is 0.503. The highest BCUT2D eigenvalue weighted by Crippen LogP contribution is 2.44. The summed E-state index contributed by atoms with van der Waals surface area (Å²) in [5, 5.41) is 28.7. The highest BCUT2D eigenvalue weighted by Gasteiger charge is 2.53. The molecule has 1 aliphatic rings. The summed E-state index contributed by atoms with van der Waals surface area (Å²) in [6.07, 6.45) is -1.51. The first-order valence-electron chi connectivity index (χ1n) is 5.84. The Morgan fingerprint density at radius 2 is 2.26 bits per heavy atom. The molecule has 0 spiro atoms. The van der Waals surface area contributed by atoms with Crippen molar-refractivity contribution in [3.05, 3.63) is 22.7 Å². The Labute approximate surface area is 109 Å². The number of anilines is 1. The molecule has 1 aliphatic heterocycles. The number of hydrogen-bond acceptors (Lipinski definition) is 7. The number of nitrogen functional groups attached to an aromatic ring is 1. The van der Waals surface area contributed by atoms with Crippen LogP contribution in [0, 0.1) is 5.41 Å². The van der Waals surface area contributed by atoms with Gasteiger partial charge in [0.15, 0.2) is 0 Å². The monoisotopic (exact) mass is 271 g/mol. The van der Waals surface area contributed by atoms with Gasteiger partial charge in [0.25, 0.3) is 0 Å². The topological polar surface area (TPSA) is 131 Å². The molecule has 106 valence electrons. The predicted molar refractivity (Wildman–Crippen MR) is 65.1 cm³/mol. The smallest absolute Gasteiger partial charge is 0.351 e. The lowest BCUT2D eigenvalue weighted by molar-refractivity contribution is -0.0640. The molecule has 0 bridgehead atoms. The van der Waals surface area contributed by atoms with E-state index in [0.29, 0.717) is 0 Å². The SMILES string of the molecule is C[C@]1(CO)C(O)[C@@H](CO)O[C@H]1n1ccc(N)nc1=O. The third-order valence-electron chi connectivity index (χ3n) is 3.52. The van der Waals surface area contributed by atoms with E-state index in [-0.39, 0.29) is 5.82 Å². The number of aliphatic hydroxyl groups is 3. The normalized spacial score (nSPS) is 34.6. The van der Waals surface area contributed by atoms with Crippen LogP contribution < -0.4 is 11.4 Å². The van der Waals surface area contributed by atoms with Crippen LogP contribution in [0.5, 0.6) is 0 Å². The summed E-state index contributed by atoms with van der Waals surface area (Å²) in [4.78, 5) is 15.4. The van der Waals surface area contributed by atoms with E-state index < -0.39 is 42.8 Å². The van der Waals surface area contributed by atoms with E-state index in [1.54, 1.807) is 6.92 Å². The predicted octanol–water partition coefficient (Wildman–Crippen LogP) is -1.93. The molecule has 2 heterocycles. The van der Waals surface area contributed by atoms with Crippen molar-refractivity contribution in [3.8, 4) is 0 Å². The molecule has 0 saturated carbocycles. The zero-order chi connectivity index (χ0) is 14.2. The van der Waals surface area contributed by atoms with Gasteiger partial charge >= 0.3 is 5.69 Å². The maximum absolute atomic E-state index is 11.8. The fourth-order valence-corrected chi connectivity index (χ4v) is 2.27. The second kappa shape index (κ2) is 4.89. The average Bonchev–Trinajstić information content (AvgIpc) is 2.63. The third kappa shape index (κ3) is 2.12. The van der Waals surface area contributed by atoms with Gasteiger partial charge in [-0.3, -0.25) is 4.57 Å². The van der Waals surface area contributed by atoms with Crippen LogP contribution >= 0.6 is 0 Å². The molecule has 1 fully saturated rings. The van der Waals surface area contributed by atoms with Crippen LogP contribution in [0.15, 0.2) is 17.1 Å². The number of aromatic nitrogens is 2. The molecule has 1 unspecified atom stereocenters. The van der Waals surface area contributed by atoms with Crippen LogP contribution in [0.25, 0.3) is 0 Å². The summed E-state index contributed by atoms with van der Waals surface area (Å²) in [7, 11) is 0. The maximum atomic E-state index is 11.8. The fraction of sp³-hybridized carbons (Fsp3) is 0.636. The van der Waals surface area contributed by atoms with Crippen LogP contribution in [-0.2, 0) is 4.74 Å². The molecule has 2 rings (SSSR count). The number of nitrogens with two attached hydrogens (primary N) is 1. The zero-order valence-corrected chi connectivity index (χ0v) is 10.4. The van der Waals surface area contributed by atoms with Crippen molar-refractivity contribution < 1.29 is 20.1 Å². The van der Waals surface area contributed by atoms with Crippen LogP contribution in [0.4, 0.5) is 5.82 Å². The number of hydrogen-bond donors (Lipinski definition) is 4. The minimum absolute atomic E-state index is 0.0733. The van der Waals surface area contributed by atoms with Crippen molar-refractivity contribution in [3.63, 3.8) is 0 Å². The number of aliphatic hydroxyl groups excluding tert-OH is 3. The van der Waals surface area contributed by atoms with Gasteiger partial charge in [-0.15, -0.1) is 0 Å². The highest BCUT2D eigenvalue weighted by molar-refractivity contribution is 5.23. The maximum Gasteiger partial charge on any atom is 0.351 e. The van der Waals surface area contributed by atoms with E-state index in [1.807, 2.05) is 0 Å². The highest BCUT2D eigenvalue weighted by atomic mass is 16.5. The van der Waals surface area contributed by atoms with Gasteiger partial charge in [0.1, 0.15) is 18.1 Å². The number of nitrogens with zero attached hydrogens (tertiary/aromatic N) is 2. The van der Waals surface area contributed by atoms with Crippen molar-refractivity contribution in [1.29, 1.82) is 0 Å². The van der Waals surface area contributed by atoms with E-state index in [0.717, 1.165) is 4.57 Å². The Hall–Kier alpha value is -1.48. The largest absolute Gasteiger partial charge is 0.396 e.